The lowest BCUT2D eigenvalue weighted by molar-refractivity contribution is 0.0175. The Hall–Kier alpha value is -2.74. The van der Waals surface area contributed by atoms with Gasteiger partial charge in [0.05, 0.1) is 22.2 Å². The first-order chi connectivity index (χ1) is 17.0. The van der Waals surface area contributed by atoms with Crippen LogP contribution in [0.5, 0.6) is 5.75 Å². The van der Waals surface area contributed by atoms with Crippen LogP contribution >= 0.6 is 27.7 Å². The summed E-state index contributed by atoms with van der Waals surface area (Å²) in [6.07, 6.45) is -0.208. The van der Waals surface area contributed by atoms with E-state index < -0.39 is 0 Å². The number of aryl methyl sites for hydroxylation is 1. The number of benzene rings is 3. The minimum Gasteiger partial charge on any atom is -0.469 e. The topological polar surface area (TPSA) is 43.7 Å². The molecule has 4 aromatic rings. The molecule has 0 aliphatic carbocycles. The van der Waals surface area contributed by atoms with E-state index in [9.17, 15) is 4.79 Å². The van der Waals surface area contributed by atoms with E-state index in [0.717, 1.165) is 42.8 Å². The maximum Gasteiger partial charge on any atom is 0.340 e. The Balaban J connectivity index is 1.65. The van der Waals surface area contributed by atoms with Crippen molar-refractivity contribution >= 4 is 44.6 Å². The van der Waals surface area contributed by atoms with E-state index in [4.69, 9.17) is 9.47 Å². The van der Waals surface area contributed by atoms with Gasteiger partial charge < -0.3 is 14.0 Å². The second kappa shape index (κ2) is 10.1. The van der Waals surface area contributed by atoms with Gasteiger partial charge in [0.25, 0.3) is 0 Å². The zero-order valence-corrected chi connectivity index (χ0v) is 22.4. The van der Waals surface area contributed by atoms with Gasteiger partial charge in [0.1, 0.15) is 5.75 Å². The first kappa shape index (κ1) is 24.0. The summed E-state index contributed by atoms with van der Waals surface area (Å²) in [4.78, 5) is 16.7. The molecule has 2 heterocycles. The molecule has 3 aromatic carbocycles. The highest BCUT2D eigenvalue weighted by atomic mass is 79.9. The molecular formula is C28H27BrN2O3S. The van der Waals surface area contributed by atoms with Gasteiger partial charge in [-0.05, 0) is 48.1 Å². The van der Waals surface area contributed by atoms with Gasteiger partial charge in [0, 0.05) is 46.4 Å². The molecule has 0 fully saturated rings. The molecule has 5 rings (SSSR count). The van der Waals surface area contributed by atoms with E-state index in [0.29, 0.717) is 24.5 Å². The SMILES string of the molecule is CCOC(=O)c1c(CSc2ccccc2)n(C)c2cc(Br)c3c(c12)CN(C)C(c1ccccc1)O3. The molecule has 1 aliphatic rings. The molecule has 0 radical (unpaired) electrons. The average molecular weight is 552 g/mol. The minimum absolute atomic E-state index is 0.208. The Morgan fingerprint density at radius 2 is 1.80 bits per heavy atom. The average Bonchev–Trinajstić information content (AvgIpc) is 3.15. The van der Waals surface area contributed by atoms with E-state index in [2.05, 4.69) is 55.7 Å². The number of nitrogens with zero attached hydrogens (tertiary/aromatic N) is 2. The van der Waals surface area contributed by atoms with Gasteiger partial charge in [0.15, 0.2) is 6.23 Å². The van der Waals surface area contributed by atoms with E-state index in [1.807, 2.05) is 57.4 Å². The van der Waals surface area contributed by atoms with Crippen LogP contribution < -0.4 is 4.74 Å². The Labute approximate surface area is 218 Å². The molecule has 180 valence electrons. The Morgan fingerprint density at radius 1 is 1.11 bits per heavy atom. The molecular weight excluding hydrogens is 524 g/mol. The number of rotatable bonds is 6. The van der Waals surface area contributed by atoms with Crippen LogP contribution in [0.4, 0.5) is 0 Å². The fraction of sp³-hybridized carbons (Fsp3) is 0.250. The van der Waals surface area contributed by atoms with Crippen molar-refractivity contribution in [3.63, 3.8) is 0 Å². The van der Waals surface area contributed by atoms with Gasteiger partial charge in [-0.2, -0.15) is 0 Å². The number of carbonyl (C=O) groups excluding carboxylic acids is 1. The number of thioether (sulfide) groups is 1. The number of hydrogen-bond acceptors (Lipinski definition) is 5. The highest BCUT2D eigenvalue weighted by molar-refractivity contribution is 9.10. The number of hydrogen-bond donors (Lipinski definition) is 0. The standard InChI is InChI=1S/C28H27BrN2O3S/c1-4-33-28(32)25-23(17-35-19-13-9-6-10-14-19)31(3)22-15-21(29)26-20(24(22)25)16-30(2)27(34-26)18-11-7-5-8-12-18/h5-15,27H,4,16-17H2,1-3H3. The van der Waals surface area contributed by atoms with Crippen LogP contribution in [0.15, 0.2) is 76.1 Å². The van der Waals surface area contributed by atoms with Crippen LogP contribution in [-0.4, -0.2) is 29.1 Å². The first-order valence-corrected chi connectivity index (χ1v) is 13.4. The molecule has 1 aliphatic heterocycles. The van der Waals surface area contributed by atoms with Gasteiger partial charge in [-0.15, -0.1) is 11.8 Å². The number of ether oxygens (including phenoxy) is 2. The fourth-order valence-electron chi connectivity index (χ4n) is 4.68. The summed E-state index contributed by atoms with van der Waals surface area (Å²) in [5, 5.41) is 0.908. The summed E-state index contributed by atoms with van der Waals surface area (Å²) in [7, 11) is 4.07. The molecule has 0 spiro atoms. The first-order valence-electron chi connectivity index (χ1n) is 11.6. The molecule has 0 N–H and O–H groups in total. The highest BCUT2D eigenvalue weighted by Gasteiger charge is 2.33. The monoisotopic (exact) mass is 550 g/mol. The molecule has 0 amide bonds. The summed E-state index contributed by atoms with van der Waals surface area (Å²) in [5.74, 6) is 1.14. The molecule has 5 nitrogen and oxygen atoms in total. The third kappa shape index (κ3) is 4.48. The summed E-state index contributed by atoms with van der Waals surface area (Å²) >= 11 is 5.47. The maximum atomic E-state index is 13.3. The van der Waals surface area contributed by atoms with Gasteiger partial charge in [-0.3, -0.25) is 4.90 Å². The molecule has 0 saturated carbocycles. The van der Waals surface area contributed by atoms with Crippen LogP contribution in [0.25, 0.3) is 10.9 Å². The van der Waals surface area contributed by atoms with E-state index in [-0.39, 0.29) is 12.2 Å². The van der Waals surface area contributed by atoms with E-state index in [1.165, 1.54) is 0 Å². The fourth-order valence-corrected chi connectivity index (χ4v) is 6.22. The summed E-state index contributed by atoms with van der Waals surface area (Å²) < 4.78 is 15.1. The number of esters is 1. The van der Waals surface area contributed by atoms with Crippen molar-refractivity contribution in [2.45, 2.75) is 30.3 Å². The van der Waals surface area contributed by atoms with Gasteiger partial charge >= 0.3 is 5.97 Å². The quantitative estimate of drug-likeness (QED) is 0.192. The maximum absolute atomic E-state index is 13.3. The molecule has 0 saturated heterocycles. The van der Waals surface area contributed by atoms with Crippen LogP contribution in [0, 0.1) is 0 Å². The smallest absolute Gasteiger partial charge is 0.340 e. The predicted molar refractivity (Wildman–Crippen MR) is 144 cm³/mol. The van der Waals surface area contributed by atoms with Crippen molar-refractivity contribution in [1.29, 1.82) is 0 Å². The normalized spacial score (nSPS) is 15.6. The summed E-state index contributed by atoms with van der Waals surface area (Å²) in [6.45, 7) is 2.81. The van der Waals surface area contributed by atoms with Crippen molar-refractivity contribution in [1.82, 2.24) is 9.47 Å². The zero-order chi connectivity index (χ0) is 24.5. The third-order valence-corrected chi connectivity index (χ3v) is 7.95. The molecule has 1 unspecified atom stereocenters. The third-order valence-electron chi connectivity index (χ3n) is 6.34. The Morgan fingerprint density at radius 3 is 2.49 bits per heavy atom. The lowest BCUT2D eigenvalue weighted by Crippen LogP contribution is -2.33. The predicted octanol–water partition coefficient (Wildman–Crippen LogP) is 6.93. The van der Waals surface area contributed by atoms with Crippen LogP contribution in [-0.2, 0) is 24.1 Å². The summed E-state index contributed by atoms with van der Waals surface area (Å²) in [6, 6.07) is 22.5. The Kier molecular flexibility index (Phi) is 6.91. The number of fused-ring (bicyclic) bond motifs is 3. The summed E-state index contributed by atoms with van der Waals surface area (Å²) in [5.41, 5.74) is 4.65. The number of aromatic nitrogens is 1. The second-order valence-corrected chi connectivity index (χ2v) is 10.5. The highest BCUT2D eigenvalue weighted by Crippen LogP contribution is 2.46. The molecule has 1 aromatic heterocycles. The van der Waals surface area contributed by atoms with E-state index in [1.54, 1.807) is 11.8 Å². The van der Waals surface area contributed by atoms with Crippen LogP contribution in [0.1, 0.15) is 40.3 Å². The van der Waals surface area contributed by atoms with E-state index >= 15 is 0 Å². The van der Waals surface area contributed by atoms with Crippen molar-refractivity contribution in [3.8, 4) is 5.75 Å². The lowest BCUT2D eigenvalue weighted by atomic mass is 10.0. The van der Waals surface area contributed by atoms with Crippen molar-refractivity contribution < 1.29 is 14.3 Å². The zero-order valence-electron chi connectivity index (χ0n) is 20.0. The van der Waals surface area contributed by atoms with Gasteiger partial charge in [-0.25, -0.2) is 4.79 Å². The van der Waals surface area contributed by atoms with Crippen molar-refractivity contribution in [3.05, 3.63) is 93.6 Å². The lowest BCUT2D eigenvalue weighted by Gasteiger charge is -2.35. The Bertz CT molecular complexity index is 1370. The van der Waals surface area contributed by atoms with Crippen molar-refractivity contribution in [2.24, 2.45) is 7.05 Å². The number of carbonyl (C=O) groups is 1. The largest absolute Gasteiger partial charge is 0.469 e. The van der Waals surface area contributed by atoms with Crippen LogP contribution in [0.2, 0.25) is 0 Å². The second-order valence-electron chi connectivity index (χ2n) is 8.56. The van der Waals surface area contributed by atoms with Gasteiger partial charge in [-0.1, -0.05) is 48.5 Å². The molecule has 7 heteroatoms. The minimum atomic E-state index is -0.292. The molecule has 0 bridgehead atoms. The molecule has 35 heavy (non-hydrogen) atoms. The number of halogens is 1. The van der Waals surface area contributed by atoms with Crippen molar-refractivity contribution in [2.75, 3.05) is 13.7 Å². The van der Waals surface area contributed by atoms with Crippen LogP contribution in [0.3, 0.4) is 0 Å². The van der Waals surface area contributed by atoms with Gasteiger partial charge in [0.2, 0.25) is 0 Å². The molecule has 1 atom stereocenters.